The Balaban J connectivity index is 1.86. The maximum Gasteiger partial charge on any atom is 0.245 e. The first kappa shape index (κ1) is 17.2. The highest BCUT2D eigenvalue weighted by molar-refractivity contribution is 6.16. The quantitative estimate of drug-likeness (QED) is 0.271. The standard InChI is InChI=1S/C18H15N7O3/c1-27-11-7-8-12(13(26)9-11)14(23-19)15-16(20-10-5-3-2-4-6-10)22-18-17(21-15)24-28-25-18/h2-9,26H,19H2,1H3,(H,20,22,25). The number of aromatic nitrogens is 4. The van der Waals surface area contributed by atoms with Crippen molar-refractivity contribution in [2.45, 2.75) is 0 Å². The molecule has 0 saturated carbocycles. The Kier molecular flexibility index (Phi) is 4.42. The van der Waals surface area contributed by atoms with Crippen LogP contribution in [0.1, 0.15) is 11.3 Å². The summed E-state index contributed by atoms with van der Waals surface area (Å²) in [4.78, 5) is 8.82. The number of rotatable bonds is 5. The summed E-state index contributed by atoms with van der Waals surface area (Å²) in [7, 11) is 1.51. The Labute approximate surface area is 158 Å². The number of phenolic OH excluding ortho intramolecular Hbond substituents is 1. The van der Waals surface area contributed by atoms with E-state index in [-0.39, 0.29) is 28.4 Å². The van der Waals surface area contributed by atoms with Gasteiger partial charge in [0.15, 0.2) is 5.82 Å². The van der Waals surface area contributed by atoms with Crippen LogP contribution in [-0.2, 0) is 0 Å². The molecule has 0 saturated heterocycles. The zero-order chi connectivity index (χ0) is 19.5. The maximum atomic E-state index is 10.4. The van der Waals surface area contributed by atoms with Crippen molar-refractivity contribution < 1.29 is 14.5 Å². The van der Waals surface area contributed by atoms with E-state index < -0.39 is 0 Å². The highest BCUT2D eigenvalue weighted by Crippen LogP contribution is 2.29. The van der Waals surface area contributed by atoms with E-state index >= 15 is 0 Å². The summed E-state index contributed by atoms with van der Waals surface area (Å²) < 4.78 is 9.83. The monoisotopic (exact) mass is 377 g/mol. The number of aromatic hydroxyl groups is 1. The van der Waals surface area contributed by atoms with Gasteiger partial charge in [-0.3, -0.25) is 0 Å². The van der Waals surface area contributed by atoms with Crippen molar-refractivity contribution in [1.29, 1.82) is 0 Å². The van der Waals surface area contributed by atoms with Crippen molar-refractivity contribution in [2.24, 2.45) is 10.9 Å². The van der Waals surface area contributed by atoms with E-state index in [0.29, 0.717) is 17.1 Å². The number of ether oxygens (including phenoxy) is 1. The van der Waals surface area contributed by atoms with Gasteiger partial charge in [-0.05, 0) is 34.6 Å². The van der Waals surface area contributed by atoms with Crippen LogP contribution in [0.3, 0.4) is 0 Å². The van der Waals surface area contributed by atoms with Crippen LogP contribution in [0.2, 0.25) is 0 Å². The summed E-state index contributed by atoms with van der Waals surface area (Å²) in [5, 5.41) is 24.8. The molecule has 0 spiro atoms. The minimum Gasteiger partial charge on any atom is -0.507 e. The fourth-order valence-corrected chi connectivity index (χ4v) is 2.65. The van der Waals surface area contributed by atoms with Gasteiger partial charge in [-0.15, -0.1) is 0 Å². The summed E-state index contributed by atoms with van der Waals surface area (Å²) in [5.41, 5.74) is 2.00. The molecule has 10 nitrogen and oxygen atoms in total. The molecule has 2 aromatic heterocycles. The molecule has 0 unspecified atom stereocenters. The van der Waals surface area contributed by atoms with Crippen molar-refractivity contribution in [3.8, 4) is 11.5 Å². The van der Waals surface area contributed by atoms with Gasteiger partial charge in [0.2, 0.25) is 11.3 Å². The predicted molar refractivity (Wildman–Crippen MR) is 102 cm³/mol. The number of nitrogens with two attached hydrogens (primary N) is 1. The minimum atomic E-state index is -0.0746. The number of para-hydroxylation sites is 1. The number of nitrogens with zero attached hydrogens (tertiary/aromatic N) is 5. The first-order valence-electron chi connectivity index (χ1n) is 8.17. The van der Waals surface area contributed by atoms with Gasteiger partial charge < -0.3 is 21.0 Å². The highest BCUT2D eigenvalue weighted by atomic mass is 16.6. The smallest absolute Gasteiger partial charge is 0.245 e. The molecule has 0 aliphatic heterocycles. The summed E-state index contributed by atoms with van der Waals surface area (Å²) in [5.74, 6) is 6.39. The number of benzene rings is 2. The van der Waals surface area contributed by atoms with Crippen LogP contribution < -0.4 is 15.9 Å². The first-order chi connectivity index (χ1) is 13.7. The molecule has 0 fully saturated rings. The molecule has 140 valence electrons. The van der Waals surface area contributed by atoms with E-state index in [1.807, 2.05) is 30.3 Å². The minimum absolute atomic E-state index is 0.0746. The normalized spacial score (nSPS) is 11.5. The van der Waals surface area contributed by atoms with Gasteiger partial charge in [-0.25, -0.2) is 14.6 Å². The third-order valence-corrected chi connectivity index (χ3v) is 3.96. The number of phenols is 1. The predicted octanol–water partition coefficient (Wildman–Crippen LogP) is 2.18. The van der Waals surface area contributed by atoms with Crippen molar-refractivity contribution in [3.05, 3.63) is 59.8 Å². The van der Waals surface area contributed by atoms with E-state index in [9.17, 15) is 5.11 Å². The van der Waals surface area contributed by atoms with Gasteiger partial charge >= 0.3 is 0 Å². The molecule has 4 rings (SSSR count). The van der Waals surface area contributed by atoms with Crippen LogP contribution in [0, 0.1) is 0 Å². The summed E-state index contributed by atoms with van der Waals surface area (Å²) in [6.45, 7) is 0. The van der Waals surface area contributed by atoms with E-state index in [4.69, 9.17) is 15.2 Å². The molecule has 0 atom stereocenters. The Hall–Kier alpha value is -4.21. The van der Waals surface area contributed by atoms with Crippen LogP contribution >= 0.6 is 0 Å². The molecule has 0 radical (unpaired) electrons. The molecule has 2 aromatic carbocycles. The summed E-state index contributed by atoms with van der Waals surface area (Å²) in [6.07, 6.45) is 0. The van der Waals surface area contributed by atoms with Crippen molar-refractivity contribution in [3.63, 3.8) is 0 Å². The van der Waals surface area contributed by atoms with Crippen LogP contribution in [0.4, 0.5) is 11.5 Å². The van der Waals surface area contributed by atoms with Crippen LogP contribution in [0.5, 0.6) is 11.5 Å². The second kappa shape index (κ2) is 7.19. The number of anilines is 2. The largest absolute Gasteiger partial charge is 0.507 e. The zero-order valence-corrected chi connectivity index (χ0v) is 14.7. The number of nitrogens with one attached hydrogen (secondary N) is 1. The van der Waals surface area contributed by atoms with E-state index in [0.717, 1.165) is 5.69 Å². The molecule has 28 heavy (non-hydrogen) atoms. The van der Waals surface area contributed by atoms with Crippen LogP contribution in [-0.4, -0.2) is 38.2 Å². The lowest BCUT2D eigenvalue weighted by atomic mass is 10.1. The van der Waals surface area contributed by atoms with Gasteiger partial charge in [-0.2, -0.15) is 5.10 Å². The first-order valence-corrected chi connectivity index (χ1v) is 8.17. The molecule has 0 aliphatic carbocycles. The third kappa shape index (κ3) is 3.14. The summed E-state index contributed by atoms with van der Waals surface area (Å²) >= 11 is 0. The van der Waals surface area contributed by atoms with Gasteiger partial charge in [0.25, 0.3) is 0 Å². The average Bonchev–Trinajstić information content (AvgIpc) is 3.17. The number of hydrogen-bond donors (Lipinski definition) is 3. The van der Waals surface area contributed by atoms with Crippen molar-refractivity contribution in [1.82, 2.24) is 20.3 Å². The van der Waals surface area contributed by atoms with Gasteiger partial charge in [0, 0.05) is 17.3 Å². The number of methoxy groups -OCH3 is 1. The molecule has 4 N–H and O–H groups in total. The average molecular weight is 377 g/mol. The Morgan fingerprint density at radius 3 is 2.54 bits per heavy atom. The Morgan fingerprint density at radius 1 is 1.11 bits per heavy atom. The molecule has 2 heterocycles. The molecule has 0 amide bonds. The third-order valence-electron chi connectivity index (χ3n) is 3.96. The van der Waals surface area contributed by atoms with Gasteiger partial charge in [0.05, 0.1) is 7.11 Å². The molecule has 0 bridgehead atoms. The van der Waals surface area contributed by atoms with Crippen molar-refractivity contribution >= 4 is 28.5 Å². The Bertz CT molecular complexity index is 1160. The van der Waals surface area contributed by atoms with Crippen LogP contribution in [0.25, 0.3) is 11.3 Å². The van der Waals surface area contributed by atoms with Gasteiger partial charge in [0.1, 0.15) is 22.9 Å². The number of hydrogen-bond acceptors (Lipinski definition) is 10. The van der Waals surface area contributed by atoms with E-state index in [1.165, 1.54) is 13.2 Å². The SMILES string of the molecule is COc1ccc(C(=NN)c2nc3nonc3nc2Nc2ccccc2)c(O)c1. The number of hydrazone groups is 1. The van der Waals surface area contributed by atoms with Crippen molar-refractivity contribution in [2.75, 3.05) is 12.4 Å². The summed E-state index contributed by atoms with van der Waals surface area (Å²) in [6, 6.07) is 14.1. The van der Waals surface area contributed by atoms with Crippen LogP contribution in [0.15, 0.2) is 58.3 Å². The zero-order valence-electron chi connectivity index (χ0n) is 14.7. The van der Waals surface area contributed by atoms with E-state index in [2.05, 4.69) is 30.7 Å². The van der Waals surface area contributed by atoms with Gasteiger partial charge in [-0.1, -0.05) is 18.2 Å². The molecular weight excluding hydrogens is 362 g/mol. The molecule has 10 heteroatoms. The molecule has 0 aliphatic rings. The Morgan fingerprint density at radius 2 is 1.86 bits per heavy atom. The fraction of sp³-hybridized carbons (Fsp3) is 0.0556. The molecule has 4 aromatic rings. The topological polar surface area (TPSA) is 145 Å². The second-order valence-corrected chi connectivity index (χ2v) is 5.68. The lowest BCUT2D eigenvalue weighted by molar-refractivity contribution is 0.314. The lowest BCUT2D eigenvalue weighted by Crippen LogP contribution is -2.13. The molecular formula is C18H15N7O3. The number of fused-ring (bicyclic) bond motifs is 1. The second-order valence-electron chi connectivity index (χ2n) is 5.68. The fourth-order valence-electron chi connectivity index (χ4n) is 2.65. The van der Waals surface area contributed by atoms with E-state index in [1.54, 1.807) is 12.1 Å². The maximum absolute atomic E-state index is 10.4. The highest BCUT2D eigenvalue weighted by Gasteiger charge is 2.21. The lowest BCUT2D eigenvalue weighted by Gasteiger charge is -2.13.